The number of hydrogen-bond donors (Lipinski definition) is 2. The van der Waals surface area contributed by atoms with Crippen LogP contribution in [0.5, 0.6) is 0 Å². The van der Waals surface area contributed by atoms with E-state index in [1.807, 2.05) is 0 Å². The summed E-state index contributed by atoms with van der Waals surface area (Å²) in [6.45, 7) is -1.48. The van der Waals surface area contributed by atoms with Crippen LogP contribution in [0.2, 0.25) is 0 Å². The first-order valence-electron chi connectivity index (χ1n) is 6.02. The van der Waals surface area contributed by atoms with Crippen molar-refractivity contribution in [3.8, 4) is 0 Å². The molecule has 0 aliphatic heterocycles. The Hall–Kier alpha value is -2.84. The summed E-state index contributed by atoms with van der Waals surface area (Å²) < 4.78 is 40.8. The van der Waals surface area contributed by atoms with Gasteiger partial charge in [-0.3, -0.25) is 14.9 Å². The van der Waals surface area contributed by atoms with Crippen LogP contribution in [0.4, 0.5) is 19.2 Å². The van der Waals surface area contributed by atoms with Crippen molar-refractivity contribution in [3.63, 3.8) is 0 Å². The largest absolute Gasteiger partial charge is 0.431 e. The summed E-state index contributed by atoms with van der Waals surface area (Å²) in [5.41, 5.74) is -0.0311. The minimum Gasteiger partial charge on any atom is -0.431 e. The third-order valence-electron chi connectivity index (χ3n) is 2.44. The van der Waals surface area contributed by atoms with E-state index in [4.69, 9.17) is 4.42 Å². The summed E-state index contributed by atoms with van der Waals surface area (Å²) in [5.74, 6) is -1.58. The molecule has 0 fully saturated rings. The number of hydrogen-bond acceptors (Lipinski definition) is 4. The van der Waals surface area contributed by atoms with Crippen LogP contribution >= 0.6 is 0 Å². The van der Waals surface area contributed by atoms with Gasteiger partial charge < -0.3 is 9.73 Å². The van der Waals surface area contributed by atoms with Gasteiger partial charge in [0.2, 0.25) is 0 Å². The van der Waals surface area contributed by atoms with Gasteiger partial charge >= 0.3 is 12.2 Å². The van der Waals surface area contributed by atoms with Gasteiger partial charge in [-0.15, -0.1) is 0 Å². The van der Waals surface area contributed by atoms with Gasteiger partial charge in [-0.25, -0.2) is 0 Å². The molecule has 0 spiro atoms. The Labute approximate surface area is 122 Å². The number of benzene rings is 1. The Bertz CT molecular complexity index is 668. The van der Waals surface area contributed by atoms with E-state index in [1.54, 1.807) is 35.6 Å². The first-order valence-corrected chi connectivity index (χ1v) is 6.02. The van der Waals surface area contributed by atoms with E-state index in [1.165, 1.54) is 0 Å². The molecule has 1 aromatic heterocycles. The van der Waals surface area contributed by atoms with E-state index in [2.05, 4.69) is 10.3 Å². The van der Waals surface area contributed by atoms with E-state index in [-0.39, 0.29) is 11.7 Å². The highest BCUT2D eigenvalue weighted by Gasteiger charge is 2.28. The number of nitrogens with one attached hydrogen (secondary N) is 2. The summed E-state index contributed by atoms with van der Waals surface area (Å²) >= 11 is 0. The molecule has 2 N–H and O–H groups in total. The predicted octanol–water partition coefficient (Wildman–Crippen LogP) is 2.22. The molecule has 1 aromatic carbocycles. The SMILES string of the molecule is O=C(Nc1nc(C(=O)NCC(F)(F)F)co1)c1ccccc1. The number of nitrogens with zero attached hydrogens (tertiary/aromatic N) is 1. The van der Waals surface area contributed by atoms with Crippen molar-refractivity contribution in [1.29, 1.82) is 0 Å². The Kier molecular flexibility index (Phi) is 4.44. The molecule has 22 heavy (non-hydrogen) atoms. The molecule has 2 amide bonds. The molecule has 0 saturated heterocycles. The standard InChI is InChI=1S/C13H10F3N3O3/c14-13(15,16)7-17-11(21)9-6-22-12(18-9)19-10(20)8-4-2-1-3-5-8/h1-6H,7H2,(H,17,21)(H,18,19,20). The van der Waals surface area contributed by atoms with Crippen molar-refractivity contribution in [2.24, 2.45) is 0 Å². The molecule has 0 aliphatic carbocycles. The predicted molar refractivity (Wildman–Crippen MR) is 69.3 cm³/mol. The zero-order valence-electron chi connectivity index (χ0n) is 11.0. The number of carbonyl (C=O) groups is 2. The Morgan fingerprint density at radius 1 is 1.14 bits per heavy atom. The minimum atomic E-state index is -4.52. The van der Waals surface area contributed by atoms with Gasteiger partial charge in [0.15, 0.2) is 5.69 Å². The molecular weight excluding hydrogens is 303 g/mol. The van der Waals surface area contributed by atoms with Crippen LogP contribution in [0, 0.1) is 0 Å². The molecule has 0 unspecified atom stereocenters. The number of halogens is 3. The summed E-state index contributed by atoms with van der Waals surface area (Å²) in [5, 5.41) is 3.92. The smallest absolute Gasteiger partial charge is 0.405 e. The van der Waals surface area contributed by atoms with Crippen LogP contribution in [0.3, 0.4) is 0 Å². The van der Waals surface area contributed by atoms with Crippen molar-refractivity contribution in [1.82, 2.24) is 10.3 Å². The molecular formula is C13H10F3N3O3. The second kappa shape index (κ2) is 6.29. The fourth-order valence-electron chi connectivity index (χ4n) is 1.47. The molecule has 2 aromatic rings. The fourth-order valence-corrected chi connectivity index (χ4v) is 1.47. The molecule has 0 aliphatic rings. The van der Waals surface area contributed by atoms with Gasteiger partial charge in [0.25, 0.3) is 11.8 Å². The summed E-state index contributed by atoms with van der Waals surface area (Å²) in [4.78, 5) is 26.8. The van der Waals surface area contributed by atoms with E-state index >= 15 is 0 Å². The highest BCUT2D eigenvalue weighted by molar-refractivity contribution is 6.03. The molecule has 116 valence electrons. The van der Waals surface area contributed by atoms with Crippen LogP contribution in [0.1, 0.15) is 20.8 Å². The Morgan fingerprint density at radius 2 is 1.82 bits per heavy atom. The topological polar surface area (TPSA) is 84.2 Å². The van der Waals surface area contributed by atoms with Crippen LogP contribution < -0.4 is 10.6 Å². The summed E-state index contributed by atoms with van der Waals surface area (Å²) in [7, 11) is 0. The van der Waals surface area contributed by atoms with Gasteiger partial charge in [0.05, 0.1) is 0 Å². The molecule has 0 saturated carbocycles. The molecule has 9 heteroatoms. The second-order valence-corrected chi connectivity index (χ2v) is 4.16. The average molecular weight is 313 g/mol. The van der Waals surface area contributed by atoms with E-state index in [0.29, 0.717) is 5.56 Å². The van der Waals surface area contributed by atoms with E-state index < -0.39 is 24.5 Å². The van der Waals surface area contributed by atoms with Gasteiger partial charge in [0, 0.05) is 5.56 Å². The van der Waals surface area contributed by atoms with Crippen LogP contribution in [-0.4, -0.2) is 29.5 Å². The zero-order valence-corrected chi connectivity index (χ0v) is 11.0. The molecule has 0 bridgehead atoms. The van der Waals surface area contributed by atoms with Gasteiger partial charge in [-0.2, -0.15) is 18.2 Å². The van der Waals surface area contributed by atoms with E-state index in [0.717, 1.165) is 6.26 Å². The highest BCUT2D eigenvalue weighted by Crippen LogP contribution is 2.13. The lowest BCUT2D eigenvalue weighted by Gasteiger charge is -2.06. The normalized spacial score (nSPS) is 11.0. The van der Waals surface area contributed by atoms with Crippen molar-refractivity contribution >= 4 is 17.8 Å². The number of alkyl halides is 3. The minimum absolute atomic E-state index is 0.286. The average Bonchev–Trinajstić information content (AvgIpc) is 2.93. The maximum Gasteiger partial charge on any atom is 0.405 e. The van der Waals surface area contributed by atoms with Crippen molar-refractivity contribution < 1.29 is 27.2 Å². The van der Waals surface area contributed by atoms with Crippen molar-refractivity contribution in [3.05, 3.63) is 47.9 Å². The fraction of sp³-hybridized carbons (Fsp3) is 0.154. The lowest BCUT2D eigenvalue weighted by molar-refractivity contribution is -0.123. The summed E-state index contributed by atoms with van der Waals surface area (Å²) in [6, 6.07) is 7.85. The zero-order chi connectivity index (χ0) is 16.2. The molecule has 0 atom stereocenters. The van der Waals surface area contributed by atoms with Gasteiger partial charge in [-0.1, -0.05) is 18.2 Å². The number of aromatic nitrogens is 1. The van der Waals surface area contributed by atoms with Gasteiger partial charge in [0.1, 0.15) is 12.8 Å². The molecule has 1 heterocycles. The monoisotopic (exact) mass is 313 g/mol. The first kappa shape index (κ1) is 15.5. The van der Waals surface area contributed by atoms with Crippen LogP contribution in [0.15, 0.2) is 41.0 Å². The molecule has 2 rings (SSSR count). The van der Waals surface area contributed by atoms with Gasteiger partial charge in [-0.05, 0) is 12.1 Å². The third kappa shape index (κ3) is 4.33. The number of rotatable bonds is 4. The Balaban J connectivity index is 1.97. The van der Waals surface area contributed by atoms with E-state index in [9.17, 15) is 22.8 Å². The quantitative estimate of drug-likeness (QED) is 0.906. The number of amides is 2. The molecule has 6 nitrogen and oxygen atoms in total. The number of anilines is 1. The third-order valence-corrected chi connectivity index (χ3v) is 2.44. The van der Waals surface area contributed by atoms with Crippen LogP contribution in [0.25, 0.3) is 0 Å². The van der Waals surface area contributed by atoms with Crippen molar-refractivity contribution in [2.45, 2.75) is 6.18 Å². The summed E-state index contributed by atoms with van der Waals surface area (Å²) in [6.07, 6.45) is -3.67. The lowest BCUT2D eigenvalue weighted by atomic mass is 10.2. The maximum atomic E-state index is 12.0. The second-order valence-electron chi connectivity index (χ2n) is 4.16. The van der Waals surface area contributed by atoms with Crippen molar-refractivity contribution in [2.75, 3.05) is 11.9 Å². The van der Waals surface area contributed by atoms with Crippen LogP contribution in [-0.2, 0) is 0 Å². The maximum absolute atomic E-state index is 12.0. The highest BCUT2D eigenvalue weighted by atomic mass is 19.4. The number of oxazole rings is 1. The number of carbonyl (C=O) groups excluding carboxylic acids is 2. The lowest BCUT2D eigenvalue weighted by Crippen LogP contribution is -2.33. The first-order chi connectivity index (χ1) is 10.3. The molecule has 0 radical (unpaired) electrons. The Morgan fingerprint density at radius 3 is 2.45 bits per heavy atom.